The van der Waals surface area contributed by atoms with Crippen molar-refractivity contribution in [3.05, 3.63) is 12.4 Å². The zero-order chi connectivity index (χ0) is 14.6. The van der Waals surface area contributed by atoms with E-state index in [1.54, 1.807) is 24.2 Å². The summed E-state index contributed by atoms with van der Waals surface area (Å²) in [5, 5.41) is 7.58. The Morgan fingerprint density at radius 3 is 3.00 bits per heavy atom. The van der Waals surface area contributed by atoms with E-state index in [2.05, 4.69) is 10.3 Å². The van der Waals surface area contributed by atoms with E-state index in [0.29, 0.717) is 32.7 Å². The molecule has 1 fully saturated rings. The van der Waals surface area contributed by atoms with E-state index < -0.39 is 0 Å². The summed E-state index contributed by atoms with van der Waals surface area (Å²) in [6.45, 7) is 6.21. The van der Waals surface area contributed by atoms with Crippen LogP contribution in [0.3, 0.4) is 0 Å². The van der Waals surface area contributed by atoms with Crippen molar-refractivity contribution in [2.75, 3.05) is 26.8 Å². The molecule has 0 radical (unpaired) electrons. The first-order chi connectivity index (χ1) is 9.50. The number of hydrogen-bond acceptors (Lipinski definition) is 5. The van der Waals surface area contributed by atoms with Crippen molar-refractivity contribution in [1.29, 1.82) is 0 Å². The molecule has 0 N–H and O–H groups in total. The molecule has 1 aliphatic rings. The van der Waals surface area contributed by atoms with Gasteiger partial charge >= 0.3 is 0 Å². The van der Waals surface area contributed by atoms with Crippen LogP contribution in [0.5, 0.6) is 0 Å². The number of carbonyl (C=O) groups is 1. The molecule has 7 nitrogen and oxygen atoms in total. The molecule has 0 unspecified atom stereocenters. The first-order valence-electron chi connectivity index (χ1n) is 6.79. The Kier molecular flexibility index (Phi) is 4.72. The molecular weight excluding hydrogens is 260 g/mol. The van der Waals surface area contributed by atoms with Gasteiger partial charge in [-0.15, -0.1) is 5.10 Å². The average molecular weight is 282 g/mol. The maximum Gasteiger partial charge on any atom is 0.224 e. The second kappa shape index (κ2) is 6.32. The molecule has 1 saturated heterocycles. The number of morpholine rings is 1. The van der Waals surface area contributed by atoms with Crippen molar-refractivity contribution in [2.45, 2.75) is 38.5 Å². The zero-order valence-electron chi connectivity index (χ0n) is 12.3. The molecule has 1 amide bonds. The van der Waals surface area contributed by atoms with Gasteiger partial charge in [0.15, 0.2) is 0 Å². The number of nitrogens with zero attached hydrogens (tertiary/aromatic N) is 4. The minimum atomic E-state index is -0.343. The third kappa shape index (κ3) is 4.01. The Bertz CT molecular complexity index is 433. The van der Waals surface area contributed by atoms with Gasteiger partial charge in [0.1, 0.15) is 0 Å². The molecule has 1 aliphatic heterocycles. The number of hydrogen-bond donors (Lipinski definition) is 0. The standard InChI is InChI=1S/C13H22N4O3/c1-13(2)10-16(8-11(20-13)9-19-3)12(18)4-6-17-7-5-14-15-17/h5,7,11H,4,6,8-10H2,1-3H3/t11-/m1/s1. The summed E-state index contributed by atoms with van der Waals surface area (Å²) in [5.74, 6) is 0.109. The maximum atomic E-state index is 12.3. The lowest BCUT2D eigenvalue weighted by atomic mass is 10.0. The van der Waals surface area contributed by atoms with Crippen molar-refractivity contribution < 1.29 is 14.3 Å². The second-order valence-electron chi connectivity index (χ2n) is 5.65. The van der Waals surface area contributed by atoms with Gasteiger partial charge in [-0.05, 0) is 13.8 Å². The molecule has 0 spiro atoms. The van der Waals surface area contributed by atoms with Gasteiger partial charge in [0.05, 0.1) is 31.1 Å². The number of aryl methyl sites for hydroxylation is 1. The molecular formula is C13H22N4O3. The van der Waals surface area contributed by atoms with Crippen LogP contribution in [0, 0.1) is 0 Å². The van der Waals surface area contributed by atoms with Crippen molar-refractivity contribution in [2.24, 2.45) is 0 Å². The Morgan fingerprint density at radius 2 is 2.35 bits per heavy atom. The van der Waals surface area contributed by atoms with E-state index in [4.69, 9.17) is 9.47 Å². The Labute approximate surface area is 118 Å². The highest BCUT2D eigenvalue weighted by Crippen LogP contribution is 2.21. The average Bonchev–Trinajstić information content (AvgIpc) is 2.87. The zero-order valence-corrected chi connectivity index (χ0v) is 12.3. The van der Waals surface area contributed by atoms with E-state index in [0.717, 1.165) is 0 Å². The third-order valence-electron chi connectivity index (χ3n) is 3.21. The summed E-state index contributed by atoms with van der Waals surface area (Å²) >= 11 is 0. The van der Waals surface area contributed by atoms with Crippen LogP contribution in [0.2, 0.25) is 0 Å². The normalized spacial score (nSPS) is 21.9. The number of methoxy groups -OCH3 is 1. The molecule has 0 aliphatic carbocycles. The minimum Gasteiger partial charge on any atom is -0.382 e. The van der Waals surface area contributed by atoms with Crippen LogP contribution in [-0.2, 0) is 20.8 Å². The van der Waals surface area contributed by atoms with Crippen molar-refractivity contribution >= 4 is 5.91 Å². The van der Waals surface area contributed by atoms with Crippen molar-refractivity contribution in [3.8, 4) is 0 Å². The van der Waals surface area contributed by atoms with Gasteiger partial charge in [-0.2, -0.15) is 0 Å². The summed E-state index contributed by atoms with van der Waals surface area (Å²) in [4.78, 5) is 14.2. The molecule has 1 aromatic heterocycles. The molecule has 7 heteroatoms. The summed E-state index contributed by atoms with van der Waals surface area (Å²) in [6.07, 6.45) is 3.71. The molecule has 1 atom stereocenters. The summed E-state index contributed by atoms with van der Waals surface area (Å²) < 4.78 is 12.7. The van der Waals surface area contributed by atoms with Gasteiger partial charge in [0.25, 0.3) is 0 Å². The molecule has 2 heterocycles. The van der Waals surface area contributed by atoms with Crippen LogP contribution in [0.1, 0.15) is 20.3 Å². The number of rotatable bonds is 5. The predicted octanol–water partition coefficient (Wildman–Crippen LogP) is 0.321. The minimum absolute atomic E-state index is 0.0703. The first kappa shape index (κ1) is 14.9. The van der Waals surface area contributed by atoms with Gasteiger partial charge in [-0.3, -0.25) is 9.48 Å². The van der Waals surface area contributed by atoms with Crippen LogP contribution in [0.25, 0.3) is 0 Å². The quantitative estimate of drug-likeness (QED) is 0.778. The van der Waals surface area contributed by atoms with Gasteiger partial charge in [0.2, 0.25) is 5.91 Å². The highest BCUT2D eigenvalue weighted by atomic mass is 16.5. The number of ether oxygens (including phenoxy) is 2. The molecule has 2 rings (SSSR count). The smallest absolute Gasteiger partial charge is 0.224 e. The fourth-order valence-electron chi connectivity index (χ4n) is 2.48. The second-order valence-corrected chi connectivity index (χ2v) is 5.65. The van der Waals surface area contributed by atoms with Gasteiger partial charge < -0.3 is 14.4 Å². The van der Waals surface area contributed by atoms with Crippen LogP contribution in [0.4, 0.5) is 0 Å². The van der Waals surface area contributed by atoms with E-state index >= 15 is 0 Å². The topological polar surface area (TPSA) is 69.5 Å². The number of aromatic nitrogens is 3. The third-order valence-corrected chi connectivity index (χ3v) is 3.21. The Morgan fingerprint density at radius 1 is 1.55 bits per heavy atom. The Balaban J connectivity index is 1.90. The molecule has 112 valence electrons. The molecule has 0 saturated carbocycles. The van der Waals surface area contributed by atoms with Crippen LogP contribution >= 0.6 is 0 Å². The fourth-order valence-corrected chi connectivity index (χ4v) is 2.48. The highest BCUT2D eigenvalue weighted by Gasteiger charge is 2.35. The van der Waals surface area contributed by atoms with Crippen LogP contribution < -0.4 is 0 Å². The number of carbonyl (C=O) groups excluding carboxylic acids is 1. The Hall–Kier alpha value is -1.47. The van der Waals surface area contributed by atoms with Crippen molar-refractivity contribution in [1.82, 2.24) is 19.9 Å². The fraction of sp³-hybridized carbons (Fsp3) is 0.769. The first-order valence-corrected chi connectivity index (χ1v) is 6.79. The van der Waals surface area contributed by atoms with Gasteiger partial charge in [-0.1, -0.05) is 5.21 Å². The predicted molar refractivity (Wildman–Crippen MR) is 72.0 cm³/mol. The van der Waals surface area contributed by atoms with Gasteiger partial charge in [0, 0.05) is 32.8 Å². The molecule has 1 aromatic rings. The summed E-state index contributed by atoms with van der Waals surface area (Å²) in [5.41, 5.74) is -0.343. The highest BCUT2D eigenvalue weighted by molar-refractivity contribution is 5.76. The lowest BCUT2D eigenvalue weighted by molar-refractivity contribution is -0.168. The van der Waals surface area contributed by atoms with Gasteiger partial charge in [-0.25, -0.2) is 0 Å². The molecule has 0 aromatic carbocycles. The van der Waals surface area contributed by atoms with Crippen molar-refractivity contribution in [3.63, 3.8) is 0 Å². The number of amides is 1. The molecule has 0 bridgehead atoms. The lowest BCUT2D eigenvalue weighted by Gasteiger charge is -2.42. The maximum absolute atomic E-state index is 12.3. The largest absolute Gasteiger partial charge is 0.382 e. The SMILES string of the molecule is COC[C@H]1CN(C(=O)CCn2ccnn2)CC(C)(C)O1. The monoisotopic (exact) mass is 282 g/mol. The van der Waals surface area contributed by atoms with E-state index in [1.165, 1.54) is 0 Å². The summed E-state index contributed by atoms with van der Waals surface area (Å²) in [6, 6.07) is 0. The van der Waals surface area contributed by atoms with E-state index in [9.17, 15) is 4.79 Å². The van der Waals surface area contributed by atoms with E-state index in [-0.39, 0.29) is 17.6 Å². The molecule has 20 heavy (non-hydrogen) atoms. The van der Waals surface area contributed by atoms with E-state index in [1.807, 2.05) is 18.7 Å². The van der Waals surface area contributed by atoms with Crippen LogP contribution in [0.15, 0.2) is 12.4 Å². The summed E-state index contributed by atoms with van der Waals surface area (Å²) in [7, 11) is 1.64. The van der Waals surface area contributed by atoms with Crippen LogP contribution in [-0.4, -0.2) is 64.3 Å². The lowest BCUT2D eigenvalue weighted by Crippen LogP contribution is -2.55.